The van der Waals surface area contributed by atoms with Crippen LogP contribution in [0.1, 0.15) is 44.1 Å². The van der Waals surface area contributed by atoms with Crippen molar-refractivity contribution in [3.63, 3.8) is 0 Å². The first-order valence-electron chi connectivity index (χ1n) is 6.72. The Morgan fingerprint density at radius 1 is 1.33 bits per heavy atom. The third-order valence-corrected chi connectivity index (χ3v) is 4.72. The van der Waals surface area contributed by atoms with Crippen LogP contribution in [0, 0.1) is 12.8 Å². The molecule has 1 saturated carbocycles. The van der Waals surface area contributed by atoms with E-state index in [1.54, 1.807) is 0 Å². The number of carbonyl (C=O) groups is 1. The summed E-state index contributed by atoms with van der Waals surface area (Å²) in [4.78, 5) is 12.0. The van der Waals surface area contributed by atoms with Gasteiger partial charge in [0.05, 0.1) is 5.69 Å². The smallest absolute Gasteiger partial charge is 0.224 e. The van der Waals surface area contributed by atoms with Crippen LogP contribution in [0.3, 0.4) is 0 Å². The highest BCUT2D eigenvalue weighted by Crippen LogP contribution is 2.28. The van der Waals surface area contributed by atoms with E-state index in [-0.39, 0.29) is 5.91 Å². The highest BCUT2D eigenvalue weighted by molar-refractivity contribution is 9.10. The molecule has 1 aromatic carbocycles. The lowest BCUT2D eigenvalue weighted by atomic mass is 9.87. The maximum absolute atomic E-state index is 12.0. The van der Waals surface area contributed by atoms with Gasteiger partial charge in [0.15, 0.2) is 0 Å². The number of carbonyl (C=O) groups excluding carboxylic acids is 1. The predicted molar refractivity (Wildman–Crippen MR) is 78.7 cm³/mol. The highest BCUT2D eigenvalue weighted by atomic mass is 79.9. The van der Waals surface area contributed by atoms with Gasteiger partial charge in [-0.05, 0) is 53.2 Å². The molecule has 0 bridgehead atoms. The number of rotatable bonds is 3. The molecule has 0 saturated heterocycles. The molecule has 1 aromatic rings. The summed E-state index contributed by atoms with van der Waals surface area (Å²) < 4.78 is 0.988. The highest BCUT2D eigenvalue weighted by Gasteiger charge is 2.17. The van der Waals surface area contributed by atoms with Gasteiger partial charge in [-0.25, -0.2) is 0 Å². The number of nitrogens with one attached hydrogen (secondary N) is 1. The molecule has 0 spiro atoms. The van der Waals surface area contributed by atoms with Gasteiger partial charge < -0.3 is 5.32 Å². The molecule has 98 valence electrons. The zero-order chi connectivity index (χ0) is 13.0. The van der Waals surface area contributed by atoms with Gasteiger partial charge in [0.2, 0.25) is 5.91 Å². The second kappa shape index (κ2) is 6.37. The number of benzene rings is 1. The SMILES string of the molecule is Cc1cccc(NC(=O)CC2CCCCC2)c1Br. The summed E-state index contributed by atoms with van der Waals surface area (Å²) >= 11 is 3.52. The Hall–Kier alpha value is -0.830. The molecule has 0 aliphatic heterocycles. The molecule has 0 aromatic heterocycles. The zero-order valence-corrected chi connectivity index (χ0v) is 12.4. The van der Waals surface area contributed by atoms with E-state index >= 15 is 0 Å². The van der Waals surface area contributed by atoms with E-state index in [0.29, 0.717) is 12.3 Å². The molecule has 0 radical (unpaired) electrons. The molecular weight excluding hydrogens is 290 g/mol. The van der Waals surface area contributed by atoms with Crippen molar-refractivity contribution in [1.82, 2.24) is 0 Å². The van der Waals surface area contributed by atoms with Crippen LogP contribution < -0.4 is 5.32 Å². The number of halogens is 1. The van der Waals surface area contributed by atoms with Gasteiger partial charge >= 0.3 is 0 Å². The zero-order valence-electron chi connectivity index (χ0n) is 10.8. The minimum atomic E-state index is 0.146. The standard InChI is InChI=1S/C15H20BrNO/c1-11-6-5-9-13(15(11)16)17-14(18)10-12-7-3-2-4-8-12/h5-6,9,12H,2-4,7-8,10H2,1H3,(H,17,18). The van der Waals surface area contributed by atoms with Crippen molar-refractivity contribution in [2.45, 2.75) is 45.4 Å². The predicted octanol–water partition coefficient (Wildman–Crippen LogP) is 4.67. The molecule has 1 N–H and O–H groups in total. The fraction of sp³-hybridized carbons (Fsp3) is 0.533. The van der Waals surface area contributed by atoms with Crippen LogP contribution in [0.15, 0.2) is 22.7 Å². The lowest BCUT2D eigenvalue weighted by Gasteiger charge is -2.21. The van der Waals surface area contributed by atoms with E-state index in [2.05, 4.69) is 21.2 Å². The average molecular weight is 310 g/mol. The number of hydrogen-bond donors (Lipinski definition) is 1. The monoisotopic (exact) mass is 309 g/mol. The van der Waals surface area contributed by atoms with Gasteiger partial charge in [-0.3, -0.25) is 4.79 Å². The molecule has 1 aliphatic carbocycles. The number of hydrogen-bond acceptors (Lipinski definition) is 1. The average Bonchev–Trinajstić information content (AvgIpc) is 2.36. The van der Waals surface area contributed by atoms with Crippen molar-refractivity contribution >= 4 is 27.5 Å². The Morgan fingerprint density at radius 2 is 2.06 bits per heavy atom. The first kappa shape index (κ1) is 13.6. The van der Waals surface area contributed by atoms with Crippen LogP contribution in [0.25, 0.3) is 0 Å². The minimum Gasteiger partial charge on any atom is -0.325 e. The van der Waals surface area contributed by atoms with E-state index in [0.717, 1.165) is 15.7 Å². The first-order chi connectivity index (χ1) is 8.66. The van der Waals surface area contributed by atoms with Crippen LogP contribution in [-0.2, 0) is 4.79 Å². The Morgan fingerprint density at radius 3 is 2.78 bits per heavy atom. The number of aryl methyl sites for hydroxylation is 1. The van der Waals surface area contributed by atoms with Gasteiger partial charge in [0.25, 0.3) is 0 Å². The summed E-state index contributed by atoms with van der Waals surface area (Å²) in [5.74, 6) is 0.732. The fourth-order valence-corrected chi connectivity index (χ4v) is 2.96. The summed E-state index contributed by atoms with van der Waals surface area (Å²) in [6, 6.07) is 5.94. The normalized spacial score (nSPS) is 16.6. The maximum Gasteiger partial charge on any atom is 0.224 e. The second-order valence-electron chi connectivity index (χ2n) is 5.19. The maximum atomic E-state index is 12.0. The molecular formula is C15H20BrNO. The summed E-state index contributed by atoms with van der Waals surface area (Å²) in [6.45, 7) is 2.03. The minimum absolute atomic E-state index is 0.146. The van der Waals surface area contributed by atoms with E-state index in [9.17, 15) is 4.79 Å². The molecule has 0 unspecified atom stereocenters. The Balaban J connectivity index is 1.92. The molecule has 0 heterocycles. The Labute approximate surface area is 117 Å². The quantitative estimate of drug-likeness (QED) is 0.864. The lowest BCUT2D eigenvalue weighted by Crippen LogP contribution is -2.18. The van der Waals surface area contributed by atoms with Crippen molar-refractivity contribution in [2.75, 3.05) is 5.32 Å². The second-order valence-corrected chi connectivity index (χ2v) is 5.99. The van der Waals surface area contributed by atoms with Crippen molar-refractivity contribution in [3.8, 4) is 0 Å². The van der Waals surface area contributed by atoms with Gasteiger partial charge in [-0.2, -0.15) is 0 Å². The third-order valence-electron chi connectivity index (χ3n) is 3.66. The van der Waals surface area contributed by atoms with Crippen molar-refractivity contribution in [1.29, 1.82) is 0 Å². The van der Waals surface area contributed by atoms with Crippen LogP contribution in [0.5, 0.6) is 0 Å². The Kier molecular flexibility index (Phi) is 4.81. The van der Waals surface area contributed by atoms with Gasteiger partial charge in [0.1, 0.15) is 0 Å². The molecule has 1 fully saturated rings. The van der Waals surface area contributed by atoms with E-state index in [4.69, 9.17) is 0 Å². The van der Waals surface area contributed by atoms with Crippen molar-refractivity contribution in [2.24, 2.45) is 5.92 Å². The van der Waals surface area contributed by atoms with Crippen molar-refractivity contribution in [3.05, 3.63) is 28.2 Å². The largest absolute Gasteiger partial charge is 0.325 e. The van der Waals surface area contributed by atoms with E-state index in [1.807, 2.05) is 25.1 Å². The van der Waals surface area contributed by atoms with Crippen LogP contribution in [0.2, 0.25) is 0 Å². The topological polar surface area (TPSA) is 29.1 Å². The number of amides is 1. The van der Waals surface area contributed by atoms with Crippen LogP contribution in [-0.4, -0.2) is 5.91 Å². The van der Waals surface area contributed by atoms with Crippen LogP contribution in [0.4, 0.5) is 5.69 Å². The molecule has 1 aliphatic rings. The first-order valence-corrected chi connectivity index (χ1v) is 7.51. The summed E-state index contributed by atoms with van der Waals surface area (Å²) in [5, 5.41) is 3.01. The van der Waals surface area contributed by atoms with Gasteiger partial charge in [0, 0.05) is 10.9 Å². The lowest BCUT2D eigenvalue weighted by molar-refractivity contribution is -0.117. The fourth-order valence-electron chi connectivity index (χ4n) is 2.60. The molecule has 2 rings (SSSR count). The number of anilines is 1. The van der Waals surface area contributed by atoms with E-state index < -0.39 is 0 Å². The molecule has 1 amide bonds. The van der Waals surface area contributed by atoms with Gasteiger partial charge in [-0.1, -0.05) is 31.4 Å². The molecule has 18 heavy (non-hydrogen) atoms. The van der Waals surface area contributed by atoms with Gasteiger partial charge in [-0.15, -0.1) is 0 Å². The van der Waals surface area contributed by atoms with E-state index in [1.165, 1.54) is 32.1 Å². The van der Waals surface area contributed by atoms with Crippen LogP contribution >= 0.6 is 15.9 Å². The molecule has 3 heteroatoms. The summed E-state index contributed by atoms with van der Waals surface area (Å²) in [6.07, 6.45) is 6.99. The third kappa shape index (κ3) is 3.58. The molecule has 2 nitrogen and oxygen atoms in total. The summed E-state index contributed by atoms with van der Waals surface area (Å²) in [5.41, 5.74) is 2.03. The Bertz CT molecular complexity index is 425. The van der Waals surface area contributed by atoms with Crippen molar-refractivity contribution < 1.29 is 4.79 Å². The molecule has 0 atom stereocenters. The summed E-state index contributed by atoms with van der Waals surface area (Å²) in [7, 11) is 0.